The van der Waals surface area contributed by atoms with E-state index in [1.54, 1.807) is 6.92 Å². The van der Waals surface area contributed by atoms with Gasteiger partial charge >= 0.3 is 0 Å². The van der Waals surface area contributed by atoms with Crippen molar-refractivity contribution >= 4 is 15.7 Å². The zero-order valence-corrected chi connectivity index (χ0v) is 16.0. The average Bonchev–Trinajstić information content (AvgIpc) is 2.55. The van der Waals surface area contributed by atoms with Gasteiger partial charge in [0, 0.05) is 23.7 Å². The first-order valence-electron chi connectivity index (χ1n) is 8.71. The SMILES string of the molecule is C[C@H]1CCN(CC(=O)N[C@H](C)/C=C\S(C)(=O)=O)[C@@H](c2ccccc2)C1. The number of carbonyl (C=O) groups excluding carboxylic acids is 1. The van der Waals surface area contributed by atoms with Crippen LogP contribution in [0.15, 0.2) is 41.8 Å². The smallest absolute Gasteiger partial charge is 0.234 e. The van der Waals surface area contributed by atoms with E-state index in [-0.39, 0.29) is 18.0 Å². The van der Waals surface area contributed by atoms with Crippen molar-refractivity contribution in [2.45, 2.75) is 38.8 Å². The Kier molecular flexibility index (Phi) is 6.79. The lowest BCUT2D eigenvalue weighted by molar-refractivity contribution is -0.123. The van der Waals surface area contributed by atoms with Crippen LogP contribution in [0.4, 0.5) is 0 Å². The number of hydrogen-bond acceptors (Lipinski definition) is 4. The fourth-order valence-corrected chi connectivity index (χ4v) is 3.72. The number of benzene rings is 1. The van der Waals surface area contributed by atoms with Crippen LogP contribution in [0.3, 0.4) is 0 Å². The van der Waals surface area contributed by atoms with Crippen molar-refractivity contribution in [1.29, 1.82) is 0 Å². The van der Waals surface area contributed by atoms with Crippen molar-refractivity contribution in [1.82, 2.24) is 10.2 Å². The molecule has 0 aliphatic carbocycles. The first kappa shape index (κ1) is 19.7. The summed E-state index contributed by atoms with van der Waals surface area (Å²) in [6.07, 6.45) is 4.76. The van der Waals surface area contributed by atoms with Crippen molar-refractivity contribution in [2.75, 3.05) is 19.3 Å². The number of amides is 1. The lowest BCUT2D eigenvalue weighted by Gasteiger charge is -2.38. The molecule has 5 nitrogen and oxygen atoms in total. The molecule has 3 atom stereocenters. The topological polar surface area (TPSA) is 66.5 Å². The normalized spacial score (nSPS) is 23.5. The van der Waals surface area contributed by atoms with Crippen molar-refractivity contribution in [3.05, 3.63) is 47.4 Å². The first-order valence-corrected chi connectivity index (χ1v) is 10.7. The summed E-state index contributed by atoms with van der Waals surface area (Å²) in [6.45, 7) is 5.24. The second-order valence-corrected chi connectivity index (χ2v) is 8.97. The summed E-state index contributed by atoms with van der Waals surface area (Å²) in [6, 6.07) is 10.2. The highest BCUT2D eigenvalue weighted by Crippen LogP contribution is 2.33. The van der Waals surface area contributed by atoms with E-state index in [2.05, 4.69) is 29.3 Å². The largest absolute Gasteiger partial charge is 0.349 e. The van der Waals surface area contributed by atoms with Crippen molar-refractivity contribution in [3.8, 4) is 0 Å². The van der Waals surface area contributed by atoms with Crippen LogP contribution in [0.5, 0.6) is 0 Å². The Hall–Kier alpha value is -1.66. The molecule has 1 aliphatic rings. The van der Waals surface area contributed by atoms with E-state index in [0.29, 0.717) is 12.5 Å². The van der Waals surface area contributed by atoms with Gasteiger partial charge in [-0.05, 0) is 37.8 Å². The molecular weight excluding hydrogens is 336 g/mol. The summed E-state index contributed by atoms with van der Waals surface area (Å²) in [5.41, 5.74) is 1.24. The van der Waals surface area contributed by atoms with Gasteiger partial charge in [-0.1, -0.05) is 43.3 Å². The molecule has 2 rings (SSSR count). The van der Waals surface area contributed by atoms with Gasteiger partial charge in [-0.3, -0.25) is 9.69 Å². The lowest BCUT2D eigenvalue weighted by Crippen LogP contribution is -2.44. The van der Waals surface area contributed by atoms with Crippen LogP contribution in [0, 0.1) is 5.92 Å². The Bertz CT molecular complexity index is 701. The minimum absolute atomic E-state index is 0.0823. The average molecular weight is 365 g/mol. The zero-order chi connectivity index (χ0) is 18.4. The summed E-state index contributed by atoms with van der Waals surface area (Å²) in [5.74, 6) is 0.558. The second-order valence-electron chi connectivity index (χ2n) is 7.04. The molecule has 6 heteroatoms. The fraction of sp³-hybridized carbons (Fsp3) is 0.526. The molecule has 0 unspecified atom stereocenters. The molecule has 1 N–H and O–H groups in total. The maximum atomic E-state index is 12.4. The van der Waals surface area contributed by atoms with Crippen molar-refractivity contribution in [2.24, 2.45) is 5.92 Å². The molecule has 1 fully saturated rings. The van der Waals surface area contributed by atoms with Crippen LogP contribution >= 0.6 is 0 Å². The van der Waals surface area contributed by atoms with Crippen LogP contribution in [0.1, 0.15) is 38.3 Å². The molecule has 0 aromatic heterocycles. The van der Waals surface area contributed by atoms with Crippen LogP contribution in [0.25, 0.3) is 0 Å². The number of nitrogens with one attached hydrogen (secondary N) is 1. The summed E-state index contributed by atoms with van der Waals surface area (Å²) in [7, 11) is -3.18. The summed E-state index contributed by atoms with van der Waals surface area (Å²) < 4.78 is 22.3. The monoisotopic (exact) mass is 364 g/mol. The minimum Gasteiger partial charge on any atom is -0.349 e. The Labute approximate surface area is 151 Å². The van der Waals surface area contributed by atoms with Gasteiger partial charge in [0.25, 0.3) is 0 Å². The highest BCUT2D eigenvalue weighted by molar-refractivity contribution is 7.93. The van der Waals surface area contributed by atoms with Crippen molar-refractivity contribution < 1.29 is 13.2 Å². The van der Waals surface area contributed by atoms with Crippen LogP contribution in [-0.4, -0.2) is 44.6 Å². The number of rotatable bonds is 6. The number of hydrogen-bond donors (Lipinski definition) is 1. The molecule has 0 radical (unpaired) electrons. The summed E-state index contributed by atoms with van der Waals surface area (Å²) >= 11 is 0. The number of likely N-dealkylation sites (tertiary alicyclic amines) is 1. The first-order chi connectivity index (χ1) is 11.7. The second kappa shape index (κ2) is 8.63. The van der Waals surface area contributed by atoms with Gasteiger partial charge in [-0.25, -0.2) is 8.42 Å². The molecule has 0 spiro atoms. The van der Waals surface area contributed by atoms with E-state index >= 15 is 0 Å². The molecule has 1 heterocycles. The zero-order valence-electron chi connectivity index (χ0n) is 15.2. The molecule has 1 saturated heterocycles. The quantitative estimate of drug-likeness (QED) is 0.842. The number of carbonyl (C=O) groups is 1. The molecule has 0 saturated carbocycles. The third-order valence-corrected chi connectivity index (χ3v) is 5.16. The molecule has 1 aliphatic heterocycles. The highest BCUT2D eigenvalue weighted by Gasteiger charge is 2.28. The van der Waals surface area contributed by atoms with E-state index in [1.807, 2.05) is 18.2 Å². The summed E-state index contributed by atoms with van der Waals surface area (Å²) in [4.78, 5) is 14.6. The molecule has 1 aromatic rings. The Balaban J connectivity index is 1.99. The van der Waals surface area contributed by atoms with E-state index in [4.69, 9.17) is 0 Å². The van der Waals surface area contributed by atoms with Gasteiger partial charge in [0.1, 0.15) is 0 Å². The Morgan fingerprint density at radius 1 is 1.36 bits per heavy atom. The van der Waals surface area contributed by atoms with Gasteiger partial charge in [0.15, 0.2) is 9.84 Å². The van der Waals surface area contributed by atoms with Gasteiger partial charge in [-0.2, -0.15) is 0 Å². The van der Waals surface area contributed by atoms with E-state index in [0.717, 1.165) is 31.1 Å². The van der Waals surface area contributed by atoms with Gasteiger partial charge in [0.05, 0.1) is 6.54 Å². The third-order valence-electron chi connectivity index (χ3n) is 4.51. The molecule has 138 valence electrons. The van der Waals surface area contributed by atoms with Gasteiger partial charge in [-0.15, -0.1) is 0 Å². The van der Waals surface area contributed by atoms with Crippen molar-refractivity contribution in [3.63, 3.8) is 0 Å². The molecule has 25 heavy (non-hydrogen) atoms. The number of nitrogens with zero attached hydrogens (tertiary/aromatic N) is 1. The lowest BCUT2D eigenvalue weighted by atomic mass is 9.88. The molecule has 1 aromatic carbocycles. The van der Waals surface area contributed by atoms with Crippen LogP contribution < -0.4 is 5.32 Å². The number of piperidine rings is 1. The van der Waals surface area contributed by atoms with E-state index < -0.39 is 9.84 Å². The number of sulfone groups is 1. The standard InChI is InChI=1S/C19H28N2O3S/c1-15-9-11-21(18(13-15)17-7-5-4-6-8-17)14-19(22)20-16(2)10-12-25(3,23)24/h4-8,10,12,15-16,18H,9,11,13-14H2,1-3H3,(H,20,22)/b12-10-/t15-,16+,18+/m0/s1. The minimum atomic E-state index is -3.18. The van der Waals surface area contributed by atoms with E-state index in [9.17, 15) is 13.2 Å². The maximum absolute atomic E-state index is 12.4. The Morgan fingerprint density at radius 2 is 2.04 bits per heavy atom. The third kappa shape index (κ3) is 6.63. The maximum Gasteiger partial charge on any atom is 0.234 e. The molecule has 0 bridgehead atoms. The van der Waals surface area contributed by atoms with Gasteiger partial charge in [0.2, 0.25) is 5.91 Å². The van der Waals surface area contributed by atoms with Gasteiger partial charge < -0.3 is 5.32 Å². The fourth-order valence-electron chi connectivity index (χ4n) is 3.19. The Morgan fingerprint density at radius 3 is 2.68 bits per heavy atom. The highest BCUT2D eigenvalue weighted by atomic mass is 32.2. The van der Waals surface area contributed by atoms with Crippen LogP contribution in [0.2, 0.25) is 0 Å². The molecular formula is C19H28N2O3S. The predicted octanol–water partition coefficient (Wildman–Crippen LogP) is 2.52. The molecule has 1 amide bonds. The van der Waals surface area contributed by atoms with Crippen LogP contribution in [-0.2, 0) is 14.6 Å². The summed E-state index contributed by atoms with van der Waals surface area (Å²) in [5, 5.41) is 3.98. The van der Waals surface area contributed by atoms with E-state index in [1.165, 1.54) is 11.6 Å². The predicted molar refractivity (Wildman–Crippen MR) is 101 cm³/mol.